The van der Waals surface area contributed by atoms with Gasteiger partial charge in [0.1, 0.15) is 11.5 Å². The second kappa shape index (κ2) is 7.38. The Morgan fingerprint density at radius 3 is 2.75 bits per heavy atom. The molecule has 0 radical (unpaired) electrons. The van der Waals surface area contributed by atoms with Gasteiger partial charge in [0.2, 0.25) is 0 Å². The molecule has 0 unspecified atom stereocenters. The van der Waals surface area contributed by atoms with Crippen molar-refractivity contribution in [2.75, 3.05) is 13.7 Å². The highest BCUT2D eigenvalue weighted by Gasteiger charge is 2.24. The van der Waals surface area contributed by atoms with Crippen LogP contribution in [0.25, 0.3) is 0 Å². The van der Waals surface area contributed by atoms with Gasteiger partial charge in [-0.25, -0.2) is 0 Å². The lowest BCUT2D eigenvalue weighted by Crippen LogP contribution is -2.35. The number of benzene rings is 1. The Hall–Kier alpha value is -1.43. The number of ether oxygens (including phenoxy) is 4. The zero-order chi connectivity index (χ0) is 14.4. The van der Waals surface area contributed by atoms with Gasteiger partial charge in [0.25, 0.3) is 6.48 Å². The summed E-state index contributed by atoms with van der Waals surface area (Å²) in [4.78, 5) is 11.1. The van der Waals surface area contributed by atoms with Crippen molar-refractivity contribution in [1.82, 2.24) is 0 Å². The molecule has 0 aliphatic carbocycles. The van der Waals surface area contributed by atoms with Crippen LogP contribution in [0.5, 0.6) is 5.75 Å². The van der Waals surface area contributed by atoms with Crippen molar-refractivity contribution < 1.29 is 23.7 Å². The normalized spacial score (nSPS) is 22.5. The molecular weight excluding hydrogens is 260 g/mol. The molecule has 2 rings (SSSR count). The summed E-state index contributed by atoms with van der Waals surface area (Å²) in [5.41, 5.74) is 1.01. The second-order valence-electron chi connectivity index (χ2n) is 4.77. The minimum atomic E-state index is -0.699. The first-order chi connectivity index (χ1) is 9.67. The molecule has 1 fully saturated rings. The summed E-state index contributed by atoms with van der Waals surface area (Å²) >= 11 is 0. The molecule has 0 amide bonds. The molecule has 0 N–H and O–H groups in total. The predicted molar refractivity (Wildman–Crippen MR) is 72.3 cm³/mol. The standard InChI is InChI=1S/C15H20O5/c1-11(16)9-14-7-8-18-15(20-14)19-10-12-3-5-13(17-2)6-4-12/h3-6,14-15H,7-10H2,1-2H3/t14-,15+/m1/s1. The summed E-state index contributed by atoms with van der Waals surface area (Å²) in [5.74, 6) is 0.922. The van der Waals surface area contributed by atoms with Crippen molar-refractivity contribution in [3.8, 4) is 5.75 Å². The first kappa shape index (κ1) is 15.0. The van der Waals surface area contributed by atoms with E-state index in [0.29, 0.717) is 19.6 Å². The molecule has 5 heteroatoms. The van der Waals surface area contributed by atoms with E-state index in [-0.39, 0.29) is 11.9 Å². The zero-order valence-electron chi connectivity index (χ0n) is 11.8. The van der Waals surface area contributed by atoms with Crippen LogP contribution < -0.4 is 4.74 Å². The molecule has 1 aliphatic rings. The van der Waals surface area contributed by atoms with Crippen molar-refractivity contribution in [3.05, 3.63) is 29.8 Å². The maximum atomic E-state index is 11.1. The average Bonchev–Trinajstić information content (AvgIpc) is 2.45. The van der Waals surface area contributed by atoms with Crippen LogP contribution in [0.15, 0.2) is 24.3 Å². The molecule has 2 atom stereocenters. The van der Waals surface area contributed by atoms with Crippen LogP contribution in [0.1, 0.15) is 25.3 Å². The van der Waals surface area contributed by atoms with Crippen molar-refractivity contribution in [2.24, 2.45) is 0 Å². The van der Waals surface area contributed by atoms with E-state index in [4.69, 9.17) is 18.9 Å². The maximum Gasteiger partial charge on any atom is 0.272 e. The number of ketones is 1. The SMILES string of the molecule is COc1ccc(CO[C@@H]2OCC[C@H](CC(C)=O)O2)cc1. The Kier molecular flexibility index (Phi) is 5.52. The van der Waals surface area contributed by atoms with Crippen LogP contribution in [0.2, 0.25) is 0 Å². The quantitative estimate of drug-likeness (QED) is 0.800. The van der Waals surface area contributed by atoms with Gasteiger partial charge in [0.05, 0.1) is 26.4 Å². The molecule has 0 aromatic heterocycles. The number of Topliss-reactive ketones (excluding diaryl/α,β-unsaturated/α-hetero) is 1. The third-order valence-electron chi connectivity index (χ3n) is 3.06. The van der Waals surface area contributed by atoms with E-state index >= 15 is 0 Å². The van der Waals surface area contributed by atoms with E-state index < -0.39 is 6.48 Å². The molecule has 1 aromatic carbocycles. The fraction of sp³-hybridized carbons (Fsp3) is 0.533. The highest BCUT2D eigenvalue weighted by Crippen LogP contribution is 2.18. The lowest BCUT2D eigenvalue weighted by atomic mass is 10.1. The van der Waals surface area contributed by atoms with Crippen molar-refractivity contribution in [2.45, 2.75) is 39.0 Å². The van der Waals surface area contributed by atoms with Crippen LogP contribution in [-0.4, -0.2) is 32.1 Å². The molecule has 0 saturated carbocycles. The van der Waals surface area contributed by atoms with E-state index in [0.717, 1.165) is 17.7 Å². The fourth-order valence-electron chi connectivity index (χ4n) is 2.00. The molecule has 0 spiro atoms. The summed E-state index contributed by atoms with van der Waals surface area (Å²) in [6.45, 7) is 1.80. The summed E-state index contributed by atoms with van der Waals surface area (Å²) in [6, 6.07) is 7.60. The average molecular weight is 280 g/mol. The Labute approximate surface area is 118 Å². The molecule has 1 saturated heterocycles. The number of carbonyl (C=O) groups is 1. The topological polar surface area (TPSA) is 54.0 Å². The summed E-state index contributed by atoms with van der Waals surface area (Å²) in [6.07, 6.45) is 1.02. The van der Waals surface area contributed by atoms with Crippen LogP contribution in [-0.2, 0) is 25.6 Å². The fourth-order valence-corrected chi connectivity index (χ4v) is 2.00. The summed E-state index contributed by atoms with van der Waals surface area (Å²) in [7, 11) is 1.63. The van der Waals surface area contributed by atoms with Gasteiger partial charge in [0.15, 0.2) is 0 Å². The molecule has 20 heavy (non-hydrogen) atoms. The number of carbonyl (C=O) groups excluding carboxylic acids is 1. The van der Waals surface area contributed by atoms with Crippen molar-refractivity contribution in [1.29, 1.82) is 0 Å². The molecule has 0 bridgehead atoms. The van der Waals surface area contributed by atoms with Gasteiger partial charge in [-0.15, -0.1) is 0 Å². The molecule has 1 aliphatic heterocycles. The molecule has 1 heterocycles. The molecular formula is C15H20O5. The van der Waals surface area contributed by atoms with Gasteiger partial charge in [-0.2, -0.15) is 0 Å². The van der Waals surface area contributed by atoms with E-state index in [1.165, 1.54) is 0 Å². The number of rotatable bonds is 6. The maximum absolute atomic E-state index is 11.1. The van der Waals surface area contributed by atoms with Crippen LogP contribution in [0, 0.1) is 0 Å². The Balaban J connectivity index is 1.79. The minimum Gasteiger partial charge on any atom is -0.497 e. The Morgan fingerprint density at radius 1 is 1.35 bits per heavy atom. The summed E-state index contributed by atoms with van der Waals surface area (Å²) < 4.78 is 21.6. The van der Waals surface area contributed by atoms with Crippen LogP contribution >= 0.6 is 0 Å². The van der Waals surface area contributed by atoms with Crippen LogP contribution in [0.4, 0.5) is 0 Å². The highest BCUT2D eigenvalue weighted by atomic mass is 16.8. The smallest absolute Gasteiger partial charge is 0.272 e. The van der Waals surface area contributed by atoms with E-state index in [1.54, 1.807) is 14.0 Å². The van der Waals surface area contributed by atoms with E-state index in [2.05, 4.69) is 0 Å². The number of hydrogen-bond acceptors (Lipinski definition) is 5. The molecule has 5 nitrogen and oxygen atoms in total. The third-order valence-corrected chi connectivity index (χ3v) is 3.06. The van der Waals surface area contributed by atoms with Gasteiger partial charge in [-0.1, -0.05) is 12.1 Å². The first-order valence-corrected chi connectivity index (χ1v) is 6.68. The largest absolute Gasteiger partial charge is 0.497 e. The van der Waals surface area contributed by atoms with Gasteiger partial charge >= 0.3 is 0 Å². The van der Waals surface area contributed by atoms with Crippen molar-refractivity contribution in [3.63, 3.8) is 0 Å². The Bertz CT molecular complexity index is 428. The van der Waals surface area contributed by atoms with Gasteiger partial charge < -0.3 is 18.9 Å². The lowest BCUT2D eigenvalue weighted by molar-refractivity contribution is -0.334. The number of methoxy groups -OCH3 is 1. The zero-order valence-corrected chi connectivity index (χ0v) is 11.8. The monoisotopic (exact) mass is 280 g/mol. The van der Waals surface area contributed by atoms with Gasteiger partial charge in [-0.05, 0) is 31.0 Å². The summed E-state index contributed by atoms with van der Waals surface area (Å²) in [5, 5.41) is 0. The van der Waals surface area contributed by atoms with Crippen molar-refractivity contribution >= 4 is 5.78 Å². The Morgan fingerprint density at radius 2 is 2.10 bits per heavy atom. The minimum absolute atomic E-state index is 0.109. The predicted octanol–water partition coefficient (Wildman–Crippen LogP) is 2.28. The highest BCUT2D eigenvalue weighted by molar-refractivity contribution is 5.75. The number of hydrogen-bond donors (Lipinski definition) is 0. The van der Waals surface area contributed by atoms with Gasteiger partial charge in [-0.3, -0.25) is 4.79 Å². The molecule has 110 valence electrons. The first-order valence-electron chi connectivity index (χ1n) is 6.68. The van der Waals surface area contributed by atoms with E-state index in [9.17, 15) is 4.79 Å². The van der Waals surface area contributed by atoms with E-state index in [1.807, 2.05) is 24.3 Å². The molecule has 1 aromatic rings. The van der Waals surface area contributed by atoms with Gasteiger partial charge in [0, 0.05) is 6.42 Å². The third kappa shape index (κ3) is 4.59. The van der Waals surface area contributed by atoms with Crippen LogP contribution in [0.3, 0.4) is 0 Å². The lowest BCUT2D eigenvalue weighted by Gasteiger charge is -2.29. The second-order valence-corrected chi connectivity index (χ2v) is 4.77.